The van der Waals surface area contributed by atoms with E-state index in [9.17, 15) is 13.2 Å². The average molecular weight is 428 g/mol. The van der Waals surface area contributed by atoms with Gasteiger partial charge < -0.3 is 14.8 Å². The van der Waals surface area contributed by atoms with Gasteiger partial charge in [0.2, 0.25) is 0 Å². The van der Waals surface area contributed by atoms with Crippen molar-refractivity contribution in [1.29, 1.82) is 0 Å². The van der Waals surface area contributed by atoms with E-state index in [0.717, 1.165) is 12.8 Å². The van der Waals surface area contributed by atoms with Crippen LogP contribution < -0.4 is 5.32 Å². The van der Waals surface area contributed by atoms with E-state index in [1.807, 2.05) is 7.05 Å². The van der Waals surface area contributed by atoms with Crippen LogP contribution in [-0.2, 0) is 0 Å². The maximum absolute atomic E-state index is 15.0. The fourth-order valence-corrected chi connectivity index (χ4v) is 5.06. The normalized spacial score (nSPS) is 27.1. The highest BCUT2D eigenvalue weighted by Crippen LogP contribution is 2.45. The van der Waals surface area contributed by atoms with Crippen LogP contribution in [-0.4, -0.2) is 53.5 Å². The first-order chi connectivity index (χ1) is 13.8. The van der Waals surface area contributed by atoms with Crippen LogP contribution in [0.1, 0.15) is 25.0 Å². The minimum atomic E-state index is -4.52. The van der Waals surface area contributed by atoms with Crippen LogP contribution in [0.15, 0.2) is 27.5 Å². The smallest absolute Gasteiger partial charge is 0.444 e. The number of nitrogens with zero attached hydrogens (tertiary/aromatic N) is 1. The second-order valence-corrected chi connectivity index (χ2v) is 8.42. The Morgan fingerprint density at radius 3 is 2.86 bits per heavy atom. The van der Waals surface area contributed by atoms with Crippen molar-refractivity contribution in [3.8, 4) is 11.8 Å². The molecule has 0 saturated carbocycles. The number of anilines is 1. The zero-order chi connectivity index (χ0) is 20.8. The van der Waals surface area contributed by atoms with Crippen molar-refractivity contribution < 1.29 is 27.1 Å². The fourth-order valence-electron chi connectivity index (χ4n) is 4.37. The molecule has 0 amide bonds. The van der Waals surface area contributed by atoms with Crippen LogP contribution in [0.25, 0.3) is 11.0 Å². The summed E-state index contributed by atoms with van der Waals surface area (Å²) in [4.78, 5) is 1.93. The van der Waals surface area contributed by atoms with Gasteiger partial charge in [0.25, 0.3) is 0 Å². The number of benzene rings is 1. The van der Waals surface area contributed by atoms with Crippen LogP contribution in [0.4, 0.5) is 23.2 Å². The van der Waals surface area contributed by atoms with Gasteiger partial charge in [-0.25, -0.2) is 4.39 Å². The molecular weight excluding hydrogens is 408 g/mol. The number of aliphatic hydroxyl groups excluding tert-OH is 1. The first kappa shape index (κ1) is 20.4. The third-order valence-corrected chi connectivity index (χ3v) is 6.52. The van der Waals surface area contributed by atoms with Crippen LogP contribution in [0.5, 0.6) is 0 Å². The van der Waals surface area contributed by atoms with E-state index in [4.69, 9.17) is 9.52 Å². The first-order valence-electron chi connectivity index (χ1n) is 9.32. The summed E-state index contributed by atoms with van der Waals surface area (Å²) >= 11 is -0.306. The topological polar surface area (TPSA) is 48.6 Å². The number of fused-ring (bicyclic) bond motifs is 3. The van der Waals surface area contributed by atoms with Gasteiger partial charge in [0.15, 0.2) is 11.3 Å². The molecule has 0 aliphatic carbocycles. The van der Waals surface area contributed by atoms with E-state index >= 15 is 4.39 Å². The monoisotopic (exact) mass is 428 g/mol. The summed E-state index contributed by atoms with van der Waals surface area (Å²) in [6, 6.07) is 4.51. The Hall–Kier alpha value is -1.89. The molecule has 4 atom stereocenters. The lowest BCUT2D eigenvalue weighted by Gasteiger charge is -2.39. The number of alkyl halides is 4. The Kier molecular flexibility index (Phi) is 5.44. The Labute approximate surface area is 169 Å². The molecule has 4 nitrogen and oxygen atoms in total. The lowest BCUT2D eigenvalue weighted by molar-refractivity contribution is -0.0328. The molecule has 2 bridgehead atoms. The number of nitrogens with one attached hydrogen (secondary N) is 1. The van der Waals surface area contributed by atoms with Gasteiger partial charge in [-0.3, -0.25) is 4.90 Å². The summed E-state index contributed by atoms with van der Waals surface area (Å²) in [5, 5.41) is 12.3. The molecule has 3 heterocycles. The van der Waals surface area contributed by atoms with E-state index in [1.165, 1.54) is 6.07 Å². The lowest BCUT2D eigenvalue weighted by Crippen LogP contribution is -2.53. The Morgan fingerprint density at radius 1 is 1.34 bits per heavy atom. The highest BCUT2D eigenvalue weighted by Gasteiger charge is 2.46. The Bertz CT molecular complexity index is 965. The SMILES string of the molecule is CN1C2CCC1C(F)C(Nc1cccc3c(SC(F)(F)F)c(C#CCO)oc13)C2. The number of rotatable bonds is 3. The van der Waals surface area contributed by atoms with E-state index in [0.29, 0.717) is 18.2 Å². The fraction of sp³-hybridized carbons (Fsp3) is 0.500. The van der Waals surface area contributed by atoms with Gasteiger partial charge in [0.05, 0.1) is 16.6 Å². The zero-order valence-corrected chi connectivity index (χ0v) is 16.4. The van der Waals surface area contributed by atoms with Gasteiger partial charge in [-0.1, -0.05) is 12.0 Å². The second kappa shape index (κ2) is 7.74. The molecule has 29 heavy (non-hydrogen) atoms. The average Bonchev–Trinajstić information content (AvgIpc) is 3.13. The van der Waals surface area contributed by atoms with Crippen LogP contribution in [0.3, 0.4) is 0 Å². The predicted molar refractivity (Wildman–Crippen MR) is 104 cm³/mol. The molecule has 2 N–H and O–H groups in total. The van der Waals surface area contributed by atoms with Gasteiger partial charge in [-0.05, 0) is 56.1 Å². The molecular formula is C20H20F4N2O2S. The standard InChI is InChI=1S/C20H20F4N2O2S/c1-26-11-7-8-15(26)17(21)14(10-11)25-13-5-2-4-12-18(13)28-16(6-3-9-27)19(12)29-20(22,23)24/h2,4-5,11,14-15,17,25,27H,7-10H2,1H3. The van der Waals surface area contributed by atoms with Crippen molar-refractivity contribution in [3.63, 3.8) is 0 Å². The Balaban J connectivity index is 1.70. The molecule has 9 heteroatoms. The Morgan fingerprint density at radius 2 is 2.14 bits per heavy atom. The summed E-state index contributed by atoms with van der Waals surface area (Å²) in [7, 11) is 1.94. The van der Waals surface area contributed by atoms with Gasteiger partial charge in [0, 0.05) is 17.5 Å². The molecule has 1 aromatic heterocycles. The quantitative estimate of drug-likeness (QED) is 0.432. The van der Waals surface area contributed by atoms with Gasteiger partial charge in [-0.2, -0.15) is 13.2 Å². The number of hydrogen-bond donors (Lipinski definition) is 2. The van der Waals surface area contributed by atoms with E-state index in [-0.39, 0.29) is 39.4 Å². The van der Waals surface area contributed by atoms with Crippen molar-refractivity contribution in [1.82, 2.24) is 4.90 Å². The van der Waals surface area contributed by atoms with Crippen LogP contribution in [0, 0.1) is 11.8 Å². The lowest BCUT2D eigenvalue weighted by atomic mass is 9.95. The third-order valence-electron chi connectivity index (χ3n) is 5.68. The number of thioether (sulfide) groups is 1. The summed E-state index contributed by atoms with van der Waals surface area (Å²) in [6.07, 6.45) is 1.28. The molecule has 4 unspecified atom stereocenters. The molecule has 0 radical (unpaired) electrons. The van der Waals surface area contributed by atoms with Crippen LogP contribution >= 0.6 is 11.8 Å². The van der Waals surface area contributed by atoms with E-state index in [1.54, 1.807) is 12.1 Å². The van der Waals surface area contributed by atoms with Crippen molar-refractivity contribution in [3.05, 3.63) is 24.0 Å². The molecule has 0 spiro atoms. The van der Waals surface area contributed by atoms with Crippen molar-refractivity contribution in [2.45, 2.75) is 54.0 Å². The van der Waals surface area contributed by atoms with Crippen molar-refractivity contribution in [2.75, 3.05) is 19.0 Å². The molecule has 1 aromatic carbocycles. The molecule has 156 valence electrons. The van der Waals surface area contributed by atoms with Crippen molar-refractivity contribution in [2.24, 2.45) is 0 Å². The molecule has 2 saturated heterocycles. The number of aliphatic hydroxyl groups is 1. The number of piperidine rings is 1. The maximum atomic E-state index is 15.0. The highest BCUT2D eigenvalue weighted by molar-refractivity contribution is 8.00. The summed E-state index contributed by atoms with van der Waals surface area (Å²) < 4.78 is 59.8. The van der Waals surface area contributed by atoms with Crippen LogP contribution in [0.2, 0.25) is 0 Å². The van der Waals surface area contributed by atoms with Crippen molar-refractivity contribution >= 4 is 28.4 Å². The molecule has 2 fully saturated rings. The predicted octanol–water partition coefficient (Wildman–Crippen LogP) is 4.37. The summed E-state index contributed by atoms with van der Waals surface area (Å²) in [5.41, 5.74) is -3.87. The van der Waals surface area contributed by atoms with E-state index < -0.39 is 24.3 Å². The summed E-state index contributed by atoms with van der Waals surface area (Å²) in [6.45, 7) is -0.500. The summed E-state index contributed by atoms with van der Waals surface area (Å²) in [5.74, 6) is 4.62. The first-order valence-corrected chi connectivity index (χ1v) is 10.1. The molecule has 2 aliphatic heterocycles. The third kappa shape index (κ3) is 3.93. The minimum absolute atomic E-state index is 0.149. The number of halogens is 4. The number of para-hydroxylation sites is 1. The van der Waals surface area contributed by atoms with Gasteiger partial charge >= 0.3 is 5.51 Å². The minimum Gasteiger partial charge on any atom is -0.444 e. The zero-order valence-electron chi connectivity index (χ0n) is 15.6. The molecule has 2 aliphatic rings. The van der Waals surface area contributed by atoms with Gasteiger partial charge in [-0.15, -0.1) is 0 Å². The number of hydrogen-bond acceptors (Lipinski definition) is 5. The molecule has 4 rings (SSSR count). The number of furan rings is 1. The molecule has 2 aromatic rings. The van der Waals surface area contributed by atoms with E-state index in [2.05, 4.69) is 22.1 Å². The maximum Gasteiger partial charge on any atom is 0.446 e. The second-order valence-electron chi connectivity index (χ2n) is 7.35. The largest absolute Gasteiger partial charge is 0.446 e. The van der Waals surface area contributed by atoms with Gasteiger partial charge in [0.1, 0.15) is 12.8 Å². The highest BCUT2D eigenvalue weighted by atomic mass is 32.2.